The number of aliphatic hydroxyl groups excluding tert-OH is 1. The smallest absolute Gasteiger partial charge is 0.267 e. The van der Waals surface area contributed by atoms with Crippen LogP contribution in [0.1, 0.15) is 41.7 Å². The molecule has 0 aliphatic carbocycles. The Morgan fingerprint density at radius 3 is 2.48 bits per heavy atom. The van der Waals surface area contributed by atoms with Crippen molar-refractivity contribution in [3.63, 3.8) is 0 Å². The summed E-state index contributed by atoms with van der Waals surface area (Å²) in [6.45, 7) is 6.35. The number of aromatic nitrogens is 1. The van der Waals surface area contributed by atoms with Gasteiger partial charge >= 0.3 is 0 Å². The second-order valence-electron chi connectivity index (χ2n) is 10.9. The zero-order chi connectivity index (χ0) is 27.5. The van der Waals surface area contributed by atoms with E-state index in [1.165, 1.54) is 0 Å². The highest BCUT2D eigenvalue weighted by Gasteiger charge is 2.23. The normalized spacial score (nSPS) is 17.9. The van der Waals surface area contributed by atoms with Gasteiger partial charge in [0, 0.05) is 61.8 Å². The van der Waals surface area contributed by atoms with E-state index in [1.54, 1.807) is 13.4 Å². The van der Waals surface area contributed by atoms with Crippen LogP contribution in [0.5, 0.6) is 11.5 Å². The van der Waals surface area contributed by atoms with Crippen LogP contribution in [0, 0.1) is 0 Å². The number of likely N-dealkylation sites (tertiary alicyclic amines) is 2. The molecule has 4 heterocycles. The number of piperidine rings is 2. The van der Waals surface area contributed by atoms with Gasteiger partial charge in [-0.2, -0.15) is 0 Å². The zero-order valence-corrected chi connectivity index (χ0v) is 23.0. The van der Waals surface area contributed by atoms with E-state index in [1.807, 2.05) is 42.5 Å². The van der Waals surface area contributed by atoms with Crippen LogP contribution in [-0.2, 0) is 6.61 Å². The summed E-state index contributed by atoms with van der Waals surface area (Å²) < 4.78 is 17.4. The van der Waals surface area contributed by atoms with E-state index in [0.29, 0.717) is 18.1 Å². The Morgan fingerprint density at radius 1 is 1.02 bits per heavy atom. The third-order valence-corrected chi connectivity index (χ3v) is 8.32. The van der Waals surface area contributed by atoms with Crippen LogP contribution in [0.4, 0.5) is 0 Å². The van der Waals surface area contributed by atoms with Crippen molar-refractivity contribution < 1.29 is 23.8 Å². The number of hydrogen-bond acceptors (Lipinski definition) is 7. The number of rotatable bonds is 9. The summed E-state index contributed by atoms with van der Waals surface area (Å²) >= 11 is 0. The first-order valence-corrected chi connectivity index (χ1v) is 14.3. The maximum Gasteiger partial charge on any atom is 0.267 e. The molecule has 2 saturated heterocycles. The van der Waals surface area contributed by atoms with Crippen LogP contribution in [-0.4, -0.2) is 84.3 Å². The molecule has 0 unspecified atom stereocenters. The van der Waals surface area contributed by atoms with E-state index in [4.69, 9.17) is 13.9 Å². The molecule has 1 amide bonds. The van der Waals surface area contributed by atoms with Gasteiger partial charge in [-0.15, -0.1) is 0 Å². The van der Waals surface area contributed by atoms with Gasteiger partial charge in [-0.1, -0.05) is 12.1 Å². The summed E-state index contributed by atoms with van der Waals surface area (Å²) in [7, 11) is 1.65. The van der Waals surface area contributed by atoms with Crippen LogP contribution in [0.3, 0.4) is 0 Å². The van der Waals surface area contributed by atoms with Gasteiger partial charge in [0.1, 0.15) is 29.4 Å². The molecule has 0 spiro atoms. The van der Waals surface area contributed by atoms with E-state index in [-0.39, 0.29) is 18.1 Å². The van der Waals surface area contributed by atoms with Crippen LogP contribution in [0.15, 0.2) is 53.1 Å². The van der Waals surface area contributed by atoms with Gasteiger partial charge in [0.2, 0.25) is 0 Å². The SMILES string of the molecule is COc1cccc2occ(COc3cccc4[nH]c(C(=O)NC5CCN(CCN6CCC(O)CC6)CC5)cc34)c12. The number of carbonyl (C=O) groups is 1. The predicted molar refractivity (Wildman–Crippen MR) is 154 cm³/mol. The minimum atomic E-state index is -0.126. The lowest BCUT2D eigenvalue weighted by Crippen LogP contribution is -2.47. The first-order chi connectivity index (χ1) is 19.6. The van der Waals surface area contributed by atoms with Crippen molar-refractivity contribution in [3.8, 4) is 11.5 Å². The third kappa shape index (κ3) is 5.82. The molecular formula is C31H38N4O5. The number of H-pyrrole nitrogens is 1. The largest absolute Gasteiger partial charge is 0.496 e. The van der Waals surface area contributed by atoms with Crippen molar-refractivity contribution in [2.24, 2.45) is 0 Å². The van der Waals surface area contributed by atoms with Crippen molar-refractivity contribution in [2.45, 2.75) is 44.4 Å². The maximum atomic E-state index is 13.1. The molecule has 0 bridgehead atoms. The Balaban J connectivity index is 1.04. The average Bonchev–Trinajstić information content (AvgIpc) is 3.61. The summed E-state index contributed by atoms with van der Waals surface area (Å²) in [5.41, 5.74) is 3.05. The molecule has 9 nitrogen and oxygen atoms in total. The number of nitrogens with zero attached hydrogens (tertiary/aromatic N) is 2. The standard InChI is InChI=1S/C31H38N4O5/c1-38-28-6-3-7-29-30(28)21(20-40-29)19-39-27-5-2-4-25-24(27)18-26(33-25)31(37)32-22-8-12-34(13-9-22)16-17-35-14-10-23(36)11-15-35/h2-7,18,20,22-23,33,36H,8-17,19H2,1H3,(H,32,37). The fraction of sp³-hybridized carbons (Fsp3) is 0.452. The van der Waals surface area contributed by atoms with Crippen LogP contribution >= 0.6 is 0 Å². The molecule has 3 N–H and O–H groups in total. The fourth-order valence-corrected chi connectivity index (χ4v) is 5.92. The molecular weight excluding hydrogens is 508 g/mol. The van der Waals surface area contributed by atoms with Crippen LogP contribution < -0.4 is 14.8 Å². The number of methoxy groups -OCH3 is 1. The second kappa shape index (κ2) is 11.9. The number of amides is 1. The van der Waals surface area contributed by atoms with Crippen molar-refractivity contribution in [2.75, 3.05) is 46.4 Å². The van der Waals surface area contributed by atoms with Crippen molar-refractivity contribution in [1.82, 2.24) is 20.1 Å². The summed E-state index contributed by atoms with van der Waals surface area (Å²) in [6, 6.07) is 13.5. The lowest BCUT2D eigenvalue weighted by atomic mass is 10.0. The molecule has 6 rings (SSSR count). The Labute approximate surface area is 234 Å². The predicted octanol–water partition coefficient (Wildman–Crippen LogP) is 4.15. The highest BCUT2D eigenvalue weighted by atomic mass is 16.5. The first-order valence-electron chi connectivity index (χ1n) is 14.3. The summed E-state index contributed by atoms with van der Waals surface area (Å²) in [4.78, 5) is 21.3. The van der Waals surface area contributed by atoms with Gasteiger partial charge in [0.05, 0.1) is 24.9 Å². The van der Waals surface area contributed by atoms with Crippen molar-refractivity contribution >= 4 is 27.8 Å². The molecule has 0 saturated carbocycles. The van der Waals surface area contributed by atoms with Crippen molar-refractivity contribution in [3.05, 3.63) is 60.0 Å². The molecule has 2 aromatic carbocycles. The first kappa shape index (κ1) is 26.7. The van der Waals surface area contributed by atoms with Gasteiger partial charge in [0.15, 0.2) is 0 Å². The minimum absolute atomic E-state index is 0.0851. The maximum absolute atomic E-state index is 13.1. The number of carbonyl (C=O) groups excluding carboxylic acids is 1. The molecule has 40 heavy (non-hydrogen) atoms. The molecule has 212 valence electrons. The van der Waals surface area contributed by atoms with E-state index >= 15 is 0 Å². The van der Waals surface area contributed by atoms with E-state index in [9.17, 15) is 9.90 Å². The molecule has 0 atom stereocenters. The molecule has 2 aliphatic heterocycles. The van der Waals surface area contributed by atoms with Gasteiger partial charge in [-0.3, -0.25) is 4.79 Å². The summed E-state index contributed by atoms with van der Waals surface area (Å²) in [5.74, 6) is 1.36. The second-order valence-corrected chi connectivity index (χ2v) is 10.9. The number of ether oxygens (including phenoxy) is 2. The van der Waals surface area contributed by atoms with E-state index in [2.05, 4.69) is 20.1 Å². The number of nitrogens with one attached hydrogen (secondary N) is 2. The summed E-state index contributed by atoms with van der Waals surface area (Å²) in [6.07, 6.45) is 5.23. The number of furan rings is 1. The number of aromatic amines is 1. The number of hydrogen-bond donors (Lipinski definition) is 3. The molecule has 4 aromatic rings. The van der Waals surface area contributed by atoms with Gasteiger partial charge < -0.3 is 39.1 Å². The Hall–Kier alpha value is -3.53. The lowest BCUT2D eigenvalue weighted by Gasteiger charge is -2.35. The monoisotopic (exact) mass is 546 g/mol. The number of aliphatic hydroxyl groups is 1. The Bertz CT molecular complexity index is 1450. The highest BCUT2D eigenvalue weighted by Crippen LogP contribution is 2.33. The molecule has 2 aromatic heterocycles. The Kier molecular flexibility index (Phi) is 7.95. The zero-order valence-electron chi connectivity index (χ0n) is 23.0. The minimum Gasteiger partial charge on any atom is -0.496 e. The van der Waals surface area contributed by atoms with E-state index < -0.39 is 0 Å². The van der Waals surface area contributed by atoms with Crippen molar-refractivity contribution in [1.29, 1.82) is 0 Å². The molecule has 9 heteroatoms. The van der Waals surface area contributed by atoms with Gasteiger partial charge in [0.25, 0.3) is 5.91 Å². The molecule has 0 radical (unpaired) electrons. The average molecular weight is 547 g/mol. The molecule has 2 fully saturated rings. The third-order valence-electron chi connectivity index (χ3n) is 8.32. The number of fused-ring (bicyclic) bond motifs is 2. The summed E-state index contributed by atoms with van der Waals surface area (Å²) in [5, 5.41) is 14.7. The quantitative estimate of drug-likeness (QED) is 0.290. The fourth-order valence-electron chi connectivity index (χ4n) is 5.92. The van der Waals surface area contributed by atoms with Crippen LogP contribution in [0.25, 0.3) is 21.9 Å². The van der Waals surface area contributed by atoms with E-state index in [0.717, 1.165) is 98.1 Å². The topological polar surface area (TPSA) is 103 Å². The Morgan fingerprint density at radius 2 is 1.73 bits per heavy atom. The lowest BCUT2D eigenvalue weighted by molar-refractivity contribution is 0.0729. The molecule has 2 aliphatic rings. The number of benzene rings is 2. The van der Waals surface area contributed by atoms with Gasteiger partial charge in [-0.25, -0.2) is 0 Å². The van der Waals surface area contributed by atoms with Crippen LogP contribution in [0.2, 0.25) is 0 Å². The highest BCUT2D eigenvalue weighted by molar-refractivity contribution is 5.99. The van der Waals surface area contributed by atoms with Gasteiger partial charge in [-0.05, 0) is 56.0 Å².